The number of methoxy groups -OCH3 is 1. The molecule has 1 aliphatic heterocycles. The normalized spacial score (nSPS) is 12.0. The van der Waals surface area contributed by atoms with E-state index in [0.29, 0.717) is 12.3 Å². The summed E-state index contributed by atoms with van der Waals surface area (Å²) < 4.78 is 16.2. The van der Waals surface area contributed by atoms with E-state index in [1.54, 1.807) is 31.4 Å². The molecule has 1 aliphatic rings. The fourth-order valence-electron chi connectivity index (χ4n) is 3.25. The van der Waals surface area contributed by atoms with Crippen molar-refractivity contribution in [1.82, 2.24) is 5.32 Å². The Bertz CT molecular complexity index is 981. The average Bonchev–Trinajstić information content (AvgIpc) is 3.25. The fraction of sp³-hybridized carbons (Fsp3) is 0.208. The molecule has 5 heteroatoms. The van der Waals surface area contributed by atoms with Gasteiger partial charge in [0.25, 0.3) is 5.91 Å². The van der Waals surface area contributed by atoms with Crippen LogP contribution in [0.2, 0.25) is 0 Å². The van der Waals surface area contributed by atoms with Gasteiger partial charge in [0.05, 0.1) is 13.7 Å². The quantitative estimate of drug-likeness (QED) is 0.664. The fourth-order valence-corrected chi connectivity index (χ4v) is 3.25. The van der Waals surface area contributed by atoms with Crippen LogP contribution in [0.3, 0.4) is 0 Å². The molecule has 1 N–H and O–H groups in total. The summed E-state index contributed by atoms with van der Waals surface area (Å²) in [5, 5.41) is 2.88. The molecule has 5 nitrogen and oxygen atoms in total. The highest BCUT2D eigenvalue weighted by atomic mass is 16.5. The first-order valence-electron chi connectivity index (χ1n) is 9.60. The third kappa shape index (κ3) is 4.69. The van der Waals surface area contributed by atoms with Gasteiger partial charge in [0.1, 0.15) is 17.2 Å². The van der Waals surface area contributed by atoms with Gasteiger partial charge in [0.15, 0.2) is 6.61 Å². The zero-order valence-electron chi connectivity index (χ0n) is 16.3. The Morgan fingerprint density at radius 3 is 2.45 bits per heavy atom. The number of carbonyl (C=O) groups is 1. The SMILES string of the molecule is COc1ccc(OCC(=O)NCc2ccc(-c3ccc4c(c3)CCO4)cc2)cc1. The Hall–Kier alpha value is -3.47. The molecule has 1 heterocycles. The molecule has 0 saturated carbocycles. The second-order valence-corrected chi connectivity index (χ2v) is 6.86. The van der Waals surface area contributed by atoms with Crippen molar-refractivity contribution >= 4 is 5.91 Å². The van der Waals surface area contributed by atoms with Crippen LogP contribution < -0.4 is 19.5 Å². The van der Waals surface area contributed by atoms with Crippen LogP contribution in [0.1, 0.15) is 11.1 Å². The maximum Gasteiger partial charge on any atom is 0.258 e. The highest BCUT2D eigenvalue weighted by molar-refractivity contribution is 5.77. The van der Waals surface area contributed by atoms with Gasteiger partial charge in [-0.25, -0.2) is 0 Å². The molecule has 29 heavy (non-hydrogen) atoms. The zero-order valence-corrected chi connectivity index (χ0v) is 16.3. The first kappa shape index (κ1) is 18.9. The van der Waals surface area contributed by atoms with Gasteiger partial charge in [-0.3, -0.25) is 4.79 Å². The van der Waals surface area contributed by atoms with Crippen LogP contribution in [0.15, 0.2) is 66.7 Å². The molecule has 0 spiro atoms. The Kier molecular flexibility index (Phi) is 5.66. The molecule has 0 saturated heterocycles. The van der Waals surface area contributed by atoms with E-state index in [1.165, 1.54) is 11.1 Å². The van der Waals surface area contributed by atoms with E-state index >= 15 is 0 Å². The Balaban J connectivity index is 1.28. The predicted molar refractivity (Wildman–Crippen MR) is 111 cm³/mol. The average molecular weight is 389 g/mol. The maximum atomic E-state index is 12.0. The van der Waals surface area contributed by atoms with Crippen LogP contribution >= 0.6 is 0 Å². The molecule has 0 radical (unpaired) electrons. The molecular weight excluding hydrogens is 366 g/mol. The minimum atomic E-state index is -0.163. The zero-order chi connectivity index (χ0) is 20.1. The van der Waals surface area contributed by atoms with Crippen LogP contribution in [0, 0.1) is 0 Å². The summed E-state index contributed by atoms with van der Waals surface area (Å²) in [6.07, 6.45) is 0.964. The van der Waals surface area contributed by atoms with E-state index in [2.05, 4.69) is 29.6 Å². The lowest BCUT2D eigenvalue weighted by Crippen LogP contribution is -2.28. The molecule has 1 amide bonds. The van der Waals surface area contributed by atoms with Crippen molar-refractivity contribution < 1.29 is 19.0 Å². The monoisotopic (exact) mass is 389 g/mol. The highest BCUT2D eigenvalue weighted by Crippen LogP contribution is 2.30. The third-order valence-electron chi connectivity index (χ3n) is 4.90. The van der Waals surface area contributed by atoms with E-state index < -0.39 is 0 Å². The number of rotatable bonds is 7. The number of benzene rings is 3. The second-order valence-electron chi connectivity index (χ2n) is 6.86. The molecular formula is C24H23NO4. The lowest BCUT2D eigenvalue weighted by molar-refractivity contribution is -0.123. The van der Waals surface area contributed by atoms with Crippen molar-refractivity contribution in [1.29, 1.82) is 0 Å². The Morgan fingerprint density at radius 1 is 0.966 bits per heavy atom. The van der Waals surface area contributed by atoms with Gasteiger partial charge >= 0.3 is 0 Å². The first-order valence-corrected chi connectivity index (χ1v) is 9.60. The molecule has 0 bridgehead atoms. The van der Waals surface area contributed by atoms with Crippen molar-refractivity contribution in [3.63, 3.8) is 0 Å². The van der Waals surface area contributed by atoms with E-state index in [9.17, 15) is 4.79 Å². The predicted octanol–water partition coefficient (Wildman–Crippen LogP) is 3.99. The van der Waals surface area contributed by atoms with Gasteiger partial charge in [0.2, 0.25) is 0 Å². The number of amides is 1. The van der Waals surface area contributed by atoms with Crippen LogP contribution in [0.5, 0.6) is 17.2 Å². The molecule has 4 rings (SSSR count). The smallest absolute Gasteiger partial charge is 0.258 e. The summed E-state index contributed by atoms with van der Waals surface area (Å²) in [5.41, 5.74) is 4.63. The molecule has 0 fully saturated rings. The molecule has 0 aromatic heterocycles. The van der Waals surface area contributed by atoms with Crippen LogP contribution in [-0.4, -0.2) is 26.2 Å². The van der Waals surface area contributed by atoms with E-state index in [0.717, 1.165) is 35.7 Å². The summed E-state index contributed by atoms with van der Waals surface area (Å²) in [6.45, 7) is 1.20. The lowest BCUT2D eigenvalue weighted by atomic mass is 10.0. The molecule has 0 atom stereocenters. The van der Waals surface area contributed by atoms with Crippen molar-refractivity contribution in [2.45, 2.75) is 13.0 Å². The molecule has 3 aromatic rings. The Labute approximate surface area is 170 Å². The van der Waals surface area contributed by atoms with Gasteiger partial charge in [-0.05, 0) is 58.7 Å². The largest absolute Gasteiger partial charge is 0.497 e. The molecule has 3 aromatic carbocycles. The van der Waals surface area contributed by atoms with Crippen molar-refractivity contribution in [3.05, 3.63) is 77.9 Å². The highest BCUT2D eigenvalue weighted by Gasteiger charge is 2.12. The number of hydrogen-bond donors (Lipinski definition) is 1. The van der Waals surface area contributed by atoms with Crippen LogP contribution in [0.4, 0.5) is 0 Å². The maximum absolute atomic E-state index is 12.0. The third-order valence-corrected chi connectivity index (χ3v) is 4.90. The van der Waals surface area contributed by atoms with E-state index in [1.807, 2.05) is 18.2 Å². The standard InChI is InChI=1S/C24H23NO4/c1-27-21-7-9-22(10-8-21)29-16-24(26)25-15-17-2-4-18(5-3-17)19-6-11-23-20(14-19)12-13-28-23/h2-11,14H,12-13,15-16H2,1H3,(H,25,26). The second kappa shape index (κ2) is 8.69. The summed E-state index contributed by atoms with van der Waals surface area (Å²) in [5.74, 6) is 2.21. The number of hydrogen-bond acceptors (Lipinski definition) is 4. The first-order chi connectivity index (χ1) is 14.2. The lowest BCUT2D eigenvalue weighted by Gasteiger charge is -2.09. The minimum absolute atomic E-state index is 0.0262. The van der Waals surface area contributed by atoms with E-state index in [-0.39, 0.29) is 12.5 Å². The van der Waals surface area contributed by atoms with Crippen LogP contribution in [-0.2, 0) is 17.8 Å². The summed E-state index contributed by atoms with van der Waals surface area (Å²) in [6, 6.07) is 21.7. The number of fused-ring (bicyclic) bond motifs is 1. The topological polar surface area (TPSA) is 56.8 Å². The van der Waals surface area contributed by atoms with Crippen molar-refractivity contribution in [2.24, 2.45) is 0 Å². The number of carbonyl (C=O) groups excluding carboxylic acids is 1. The van der Waals surface area contributed by atoms with E-state index in [4.69, 9.17) is 14.2 Å². The van der Waals surface area contributed by atoms with Crippen molar-refractivity contribution in [3.8, 4) is 28.4 Å². The van der Waals surface area contributed by atoms with Gasteiger partial charge in [-0.2, -0.15) is 0 Å². The molecule has 0 unspecified atom stereocenters. The minimum Gasteiger partial charge on any atom is -0.497 e. The summed E-state index contributed by atoms with van der Waals surface area (Å²) in [7, 11) is 1.61. The number of ether oxygens (including phenoxy) is 3. The van der Waals surface area contributed by atoms with Crippen LogP contribution in [0.25, 0.3) is 11.1 Å². The number of nitrogens with one attached hydrogen (secondary N) is 1. The van der Waals surface area contributed by atoms with Gasteiger partial charge < -0.3 is 19.5 Å². The van der Waals surface area contributed by atoms with Gasteiger partial charge in [-0.1, -0.05) is 30.3 Å². The molecule has 0 aliphatic carbocycles. The van der Waals surface area contributed by atoms with Crippen molar-refractivity contribution in [2.75, 3.05) is 20.3 Å². The van der Waals surface area contributed by atoms with Gasteiger partial charge in [-0.15, -0.1) is 0 Å². The Morgan fingerprint density at radius 2 is 1.69 bits per heavy atom. The summed E-state index contributed by atoms with van der Waals surface area (Å²) >= 11 is 0. The summed E-state index contributed by atoms with van der Waals surface area (Å²) in [4.78, 5) is 12.0. The van der Waals surface area contributed by atoms with Gasteiger partial charge in [0, 0.05) is 13.0 Å². The molecule has 148 valence electrons.